The molecule has 3 rings (SSSR count). The number of halogens is 1. The van der Waals surface area contributed by atoms with Crippen LogP contribution < -0.4 is 5.32 Å². The molecule has 0 aliphatic rings. The van der Waals surface area contributed by atoms with Gasteiger partial charge in [-0.05, 0) is 35.6 Å². The van der Waals surface area contributed by atoms with Crippen molar-refractivity contribution in [2.24, 2.45) is 0 Å². The van der Waals surface area contributed by atoms with E-state index < -0.39 is 18.5 Å². The highest BCUT2D eigenvalue weighted by Crippen LogP contribution is 2.27. The molecule has 0 saturated heterocycles. The van der Waals surface area contributed by atoms with Crippen LogP contribution in [0.2, 0.25) is 0 Å². The van der Waals surface area contributed by atoms with Gasteiger partial charge in [0, 0.05) is 11.9 Å². The van der Waals surface area contributed by atoms with Crippen molar-refractivity contribution in [2.75, 3.05) is 6.61 Å². The van der Waals surface area contributed by atoms with E-state index in [2.05, 4.69) is 10.3 Å². The normalized spacial score (nSPS) is 10.5. The van der Waals surface area contributed by atoms with Crippen LogP contribution >= 0.6 is 22.7 Å². The molecule has 1 N–H and O–H groups in total. The molecule has 1 aromatic carbocycles. The van der Waals surface area contributed by atoms with Gasteiger partial charge in [-0.1, -0.05) is 18.2 Å². The number of carbonyl (C=O) groups is 2. The highest BCUT2D eigenvalue weighted by molar-refractivity contribution is 7.20. The third kappa shape index (κ3) is 4.53. The molecule has 0 atom stereocenters. The lowest BCUT2D eigenvalue weighted by Crippen LogP contribution is -2.28. The average molecular weight is 390 g/mol. The number of hydrogen-bond acceptors (Lipinski definition) is 6. The van der Waals surface area contributed by atoms with E-state index in [1.54, 1.807) is 24.4 Å². The fourth-order valence-corrected chi connectivity index (χ4v) is 3.69. The summed E-state index contributed by atoms with van der Waals surface area (Å²) in [5.41, 5.74) is 1.35. The Labute approximate surface area is 157 Å². The van der Waals surface area contributed by atoms with Crippen LogP contribution in [0, 0.1) is 12.7 Å². The summed E-state index contributed by atoms with van der Waals surface area (Å²) in [6.45, 7) is 1.41. The third-order valence-electron chi connectivity index (χ3n) is 3.51. The van der Waals surface area contributed by atoms with E-state index in [9.17, 15) is 14.0 Å². The predicted octanol–water partition coefficient (Wildman–Crippen LogP) is 3.79. The minimum Gasteiger partial charge on any atom is -0.451 e. The van der Waals surface area contributed by atoms with Crippen molar-refractivity contribution in [3.8, 4) is 9.88 Å². The van der Waals surface area contributed by atoms with Crippen molar-refractivity contribution in [3.63, 3.8) is 0 Å². The largest absolute Gasteiger partial charge is 0.451 e. The summed E-state index contributed by atoms with van der Waals surface area (Å²) in [5, 5.41) is 6.85. The molecule has 0 spiro atoms. The standard InChI is InChI=1S/C18H15FN2O3S2/c1-11-4-5-12(7-13(11)19)8-20-16(22)9-24-18(23)14-10-26-17(21-14)15-3-2-6-25-15/h2-7,10H,8-9H2,1H3,(H,20,22). The van der Waals surface area contributed by atoms with E-state index in [4.69, 9.17) is 4.74 Å². The average Bonchev–Trinajstić information content (AvgIpc) is 3.31. The van der Waals surface area contributed by atoms with Crippen LogP contribution in [0.25, 0.3) is 9.88 Å². The number of ether oxygens (including phenoxy) is 1. The Hall–Kier alpha value is -2.58. The van der Waals surface area contributed by atoms with Gasteiger partial charge in [0.25, 0.3) is 5.91 Å². The summed E-state index contributed by atoms with van der Waals surface area (Å²) in [5.74, 6) is -1.44. The Morgan fingerprint density at radius 1 is 1.27 bits per heavy atom. The molecule has 0 aliphatic heterocycles. The fraction of sp³-hybridized carbons (Fsp3) is 0.167. The number of thiazole rings is 1. The van der Waals surface area contributed by atoms with Gasteiger partial charge in [0.05, 0.1) is 4.88 Å². The van der Waals surface area contributed by atoms with Gasteiger partial charge in [0.1, 0.15) is 10.8 Å². The lowest BCUT2D eigenvalue weighted by molar-refractivity contribution is -0.124. The maximum Gasteiger partial charge on any atom is 0.358 e. The molecule has 2 heterocycles. The number of aryl methyl sites for hydroxylation is 1. The number of nitrogens with zero attached hydrogens (tertiary/aromatic N) is 1. The van der Waals surface area contributed by atoms with Gasteiger partial charge in [-0.2, -0.15) is 0 Å². The Morgan fingerprint density at radius 3 is 2.85 bits per heavy atom. The number of thiophene rings is 1. The van der Waals surface area contributed by atoms with E-state index >= 15 is 0 Å². The first kappa shape index (κ1) is 18.2. The number of benzene rings is 1. The molecule has 0 fully saturated rings. The Balaban J connectivity index is 1.48. The number of amides is 1. The molecule has 0 bridgehead atoms. The Morgan fingerprint density at radius 2 is 2.12 bits per heavy atom. The first-order chi connectivity index (χ1) is 12.5. The molecular formula is C18H15FN2O3S2. The highest BCUT2D eigenvalue weighted by atomic mass is 32.1. The number of rotatable bonds is 6. The minimum absolute atomic E-state index is 0.160. The van der Waals surface area contributed by atoms with Gasteiger partial charge in [-0.25, -0.2) is 14.2 Å². The molecule has 0 radical (unpaired) electrons. The van der Waals surface area contributed by atoms with Crippen LogP contribution in [0.5, 0.6) is 0 Å². The van der Waals surface area contributed by atoms with E-state index in [1.165, 1.54) is 28.7 Å². The lowest BCUT2D eigenvalue weighted by Gasteiger charge is -2.07. The van der Waals surface area contributed by atoms with Crippen LogP contribution in [0.3, 0.4) is 0 Å². The summed E-state index contributed by atoms with van der Waals surface area (Å²) in [6.07, 6.45) is 0. The second kappa shape index (κ2) is 8.20. The summed E-state index contributed by atoms with van der Waals surface area (Å²) in [7, 11) is 0. The Kier molecular flexibility index (Phi) is 5.75. The van der Waals surface area contributed by atoms with E-state index in [-0.39, 0.29) is 18.1 Å². The number of carbonyl (C=O) groups excluding carboxylic acids is 2. The van der Waals surface area contributed by atoms with Gasteiger partial charge >= 0.3 is 5.97 Å². The molecular weight excluding hydrogens is 375 g/mol. The van der Waals surface area contributed by atoms with Crippen molar-refractivity contribution in [2.45, 2.75) is 13.5 Å². The topological polar surface area (TPSA) is 68.3 Å². The molecule has 0 unspecified atom stereocenters. The zero-order valence-electron chi connectivity index (χ0n) is 13.8. The van der Waals surface area contributed by atoms with Crippen molar-refractivity contribution in [1.82, 2.24) is 10.3 Å². The molecule has 1 amide bonds. The van der Waals surface area contributed by atoms with Crippen LogP contribution in [-0.4, -0.2) is 23.5 Å². The van der Waals surface area contributed by atoms with Crippen molar-refractivity contribution in [1.29, 1.82) is 0 Å². The maximum atomic E-state index is 13.5. The zero-order chi connectivity index (χ0) is 18.5. The number of nitrogens with one attached hydrogen (secondary N) is 1. The molecule has 5 nitrogen and oxygen atoms in total. The van der Waals surface area contributed by atoms with Crippen LogP contribution in [0.1, 0.15) is 21.6 Å². The van der Waals surface area contributed by atoms with Crippen molar-refractivity contribution in [3.05, 3.63) is 63.7 Å². The number of aromatic nitrogens is 1. The predicted molar refractivity (Wildman–Crippen MR) is 98.7 cm³/mol. The summed E-state index contributed by atoms with van der Waals surface area (Å²) in [6, 6.07) is 8.56. The second-order valence-corrected chi connectivity index (χ2v) is 7.26. The van der Waals surface area contributed by atoms with Crippen LogP contribution in [0.4, 0.5) is 4.39 Å². The van der Waals surface area contributed by atoms with E-state index in [0.717, 1.165) is 9.88 Å². The highest BCUT2D eigenvalue weighted by Gasteiger charge is 2.15. The number of esters is 1. The van der Waals surface area contributed by atoms with E-state index in [1.807, 2.05) is 17.5 Å². The van der Waals surface area contributed by atoms with Crippen molar-refractivity contribution < 1.29 is 18.7 Å². The SMILES string of the molecule is Cc1ccc(CNC(=O)COC(=O)c2csc(-c3cccs3)n2)cc1F. The molecule has 0 saturated carbocycles. The van der Waals surface area contributed by atoms with Gasteiger partial charge < -0.3 is 10.1 Å². The molecule has 134 valence electrons. The van der Waals surface area contributed by atoms with Crippen molar-refractivity contribution >= 4 is 34.6 Å². The van der Waals surface area contributed by atoms with Gasteiger partial charge in [0.2, 0.25) is 0 Å². The van der Waals surface area contributed by atoms with Gasteiger partial charge in [-0.3, -0.25) is 4.79 Å². The molecule has 3 aromatic rings. The molecule has 0 aliphatic carbocycles. The van der Waals surface area contributed by atoms with E-state index in [0.29, 0.717) is 11.1 Å². The second-order valence-electron chi connectivity index (χ2n) is 5.45. The zero-order valence-corrected chi connectivity index (χ0v) is 15.5. The monoisotopic (exact) mass is 390 g/mol. The van der Waals surface area contributed by atoms with Gasteiger partial charge in [-0.15, -0.1) is 22.7 Å². The lowest BCUT2D eigenvalue weighted by atomic mass is 10.1. The number of hydrogen-bond donors (Lipinski definition) is 1. The first-order valence-corrected chi connectivity index (χ1v) is 9.47. The third-order valence-corrected chi connectivity index (χ3v) is 5.39. The molecule has 2 aromatic heterocycles. The van der Waals surface area contributed by atoms with Gasteiger partial charge in [0.15, 0.2) is 12.3 Å². The quantitative estimate of drug-likeness (QED) is 0.650. The van der Waals surface area contributed by atoms with Crippen LogP contribution in [0.15, 0.2) is 41.1 Å². The minimum atomic E-state index is -0.652. The smallest absolute Gasteiger partial charge is 0.358 e. The van der Waals surface area contributed by atoms with Crippen LogP contribution in [-0.2, 0) is 16.1 Å². The Bertz CT molecular complexity index is 922. The summed E-state index contributed by atoms with van der Waals surface area (Å²) >= 11 is 2.87. The molecule has 8 heteroatoms. The summed E-state index contributed by atoms with van der Waals surface area (Å²) < 4.78 is 18.4. The maximum absolute atomic E-state index is 13.5. The molecule has 26 heavy (non-hydrogen) atoms. The summed E-state index contributed by atoms with van der Waals surface area (Å²) in [4.78, 5) is 29.0. The fourth-order valence-electron chi connectivity index (χ4n) is 2.08. The first-order valence-electron chi connectivity index (χ1n) is 7.71.